The SMILES string of the molecule is COCCOCOC(=C(F)F)C(OC(=O)COCc1ccccc1)c1ccccc1. The highest BCUT2D eigenvalue weighted by Crippen LogP contribution is 2.30. The van der Waals surface area contributed by atoms with E-state index in [0.717, 1.165) is 5.56 Å². The normalized spacial score (nSPS) is 11.6. The molecule has 0 aliphatic heterocycles. The number of methoxy groups -OCH3 is 1. The van der Waals surface area contributed by atoms with Crippen LogP contribution in [0.3, 0.4) is 0 Å². The van der Waals surface area contributed by atoms with Crippen LogP contribution in [0.5, 0.6) is 0 Å². The highest BCUT2D eigenvalue weighted by Gasteiger charge is 2.27. The van der Waals surface area contributed by atoms with E-state index in [1.165, 1.54) is 7.11 Å². The zero-order valence-corrected chi connectivity index (χ0v) is 16.6. The molecule has 0 saturated heterocycles. The molecule has 1 atom stereocenters. The molecule has 0 aliphatic rings. The van der Waals surface area contributed by atoms with Crippen LogP contribution in [0.4, 0.5) is 8.78 Å². The Balaban J connectivity index is 2.01. The van der Waals surface area contributed by atoms with Gasteiger partial charge in [-0.1, -0.05) is 60.7 Å². The van der Waals surface area contributed by atoms with Crippen molar-refractivity contribution in [2.24, 2.45) is 0 Å². The summed E-state index contributed by atoms with van der Waals surface area (Å²) in [5.74, 6) is -1.60. The lowest BCUT2D eigenvalue weighted by molar-refractivity contribution is -0.157. The van der Waals surface area contributed by atoms with E-state index >= 15 is 0 Å². The van der Waals surface area contributed by atoms with Crippen molar-refractivity contribution in [3.63, 3.8) is 0 Å². The van der Waals surface area contributed by atoms with E-state index in [2.05, 4.69) is 0 Å². The van der Waals surface area contributed by atoms with Gasteiger partial charge in [-0.05, 0) is 5.56 Å². The van der Waals surface area contributed by atoms with Gasteiger partial charge in [-0.25, -0.2) is 4.79 Å². The second kappa shape index (κ2) is 13.4. The third kappa shape index (κ3) is 8.28. The van der Waals surface area contributed by atoms with Crippen molar-refractivity contribution in [1.29, 1.82) is 0 Å². The molecule has 0 radical (unpaired) electrons. The van der Waals surface area contributed by atoms with Crippen LogP contribution < -0.4 is 0 Å². The molecule has 162 valence electrons. The monoisotopic (exact) mass is 422 g/mol. The maximum Gasteiger partial charge on any atom is 0.333 e. The molecule has 0 N–H and O–H groups in total. The number of esters is 1. The summed E-state index contributed by atoms with van der Waals surface area (Å²) in [5, 5.41) is 0. The van der Waals surface area contributed by atoms with Gasteiger partial charge in [-0.3, -0.25) is 0 Å². The molecule has 0 heterocycles. The quantitative estimate of drug-likeness (QED) is 0.208. The zero-order chi connectivity index (χ0) is 21.6. The molecule has 0 bridgehead atoms. The molecule has 2 aromatic carbocycles. The second-order valence-electron chi connectivity index (χ2n) is 6.05. The summed E-state index contributed by atoms with van der Waals surface area (Å²) in [7, 11) is 1.49. The third-order valence-electron chi connectivity index (χ3n) is 3.84. The largest absolute Gasteiger partial charge is 0.462 e. The van der Waals surface area contributed by atoms with Gasteiger partial charge in [0.05, 0.1) is 19.8 Å². The van der Waals surface area contributed by atoms with Gasteiger partial charge >= 0.3 is 12.0 Å². The van der Waals surface area contributed by atoms with Crippen LogP contribution in [0, 0.1) is 0 Å². The van der Waals surface area contributed by atoms with Gasteiger partial charge in [-0.2, -0.15) is 8.78 Å². The van der Waals surface area contributed by atoms with Gasteiger partial charge < -0.3 is 23.7 Å². The summed E-state index contributed by atoms with van der Waals surface area (Å²) in [4.78, 5) is 12.2. The lowest BCUT2D eigenvalue weighted by Crippen LogP contribution is -2.20. The summed E-state index contributed by atoms with van der Waals surface area (Å²) < 4.78 is 52.7. The van der Waals surface area contributed by atoms with Crippen molar-refractivity contribution < 1.29 is 37.3 Å². The molecule has 2 aromatic rings. The minimum Gasteiger partial charge on any atom is -0.462 e. The average molecular weight is 422 g/mol. The number of hydrogen-bond donors (Lipinski definition) is 0. The number of rotatable bonds is 13. The molecule has 0 spiro atoms. The van der Waals surface area contributed by atoms with Crippen LogP contribution in [0.1, 0.15) is 17.2 Å². The van der Waals surface area contributed by atoms with Gasteiger partial charge in [0, 0.05) is 12.7 Å². The summed E-state index contributed by atoms with van der Waals surface area (Å²) in [6.07, 6.45) is -3.55. The molecular formula is C22H24F2O6. The Hall–Kier alpha value is -2.81. The summed E-state index contributed by atoms with van der Waals surface area (Å²) in [6.45, 7) is -0.196. The van der Waals surface area contributed by atoms with E-state index < -0.39 is 37.3 Å². The molecule has 6 nitrogen and oxygen atoms in total. The predicted molar refractivity (Wildman–Crippen MR) is 104 cm³/mol. The van der Waals surface area contributed by atoms with Crippen molar-refractivity contribution in [2.75, 3.05) is 33.7 Å². The molecule has 0 aliphatic carbocycles. The summed E-state index contributed by atoms with van der Waals surface area (Å²) in [5.41, 5.74) is 1.20. The molecule has 0 saturated carbocycles. The number of halogens is 2. The maximum atomic E-state index is 13.6. The van der Waals surface area contributed by atoms with E-state index in [0.29, 0.717) is 5.56 Å². The van der Waals surface area contributed by atoms with Crippen molar-refractivity contribution in [3.05, 3.63) is 83.6 Å². The first-order chi connectivity index (χ1) is 14.6. The van der Waals surface area contributed by atoms with Crippen molar-refractivity contribution in [1.82, 2.24) is 0 Å². The van der Waals surface area contributed by atoms with Crippen LogP contribution in [-0.2, 0) is 35.1 Å². The summed E-state index contributed by atoms with van der Waals surface area (Å²) >= 11 is 0. The zero-order valence-electron chi connectivity index (χ0n) is 16.6. The third-order valence-corrected chi connectivity index (χ3v) is 3.84. The molecule has 2 rings (SSSR count). The molecule has 0 fully saturated rings. The van der Waals surface area contributed by atoms with Crippen LogP contribution >= 0.6 is 0 Å². The molecule has 30 heavy (non-hydrogen) atoms. The first-order valence-corrected chi connectivity index (χ1v) is 9.22. The van der Waals surface area contributed by atoms with Gasteiger partial charge in [0.15, 0.2) is 12.9 Å². The fraction of sp³-hybridized carbons (Fsp3) is 0.318. The standard InChI is InChI=1S/C22H24F2O6/c1-26-12-13-27-16-29-21(22(23)24)20(18-10-6-3-7-11-18)30-19(25)15-28-14-17-8-4-2-5-9-17/h2-11,20H,12-16H2,1H3. The van der Waals surface area contributed by atoms with Crippen molar-refractivity contribution in [2.45, 2.75) is 12.7 Å². The Morgan fingerprint density at radius 1 is 0.933 bits per heavy atom. The second-order valence-corrected chi connectivity index (χ2v) is 6.05. The highest BCUT2D eigenvalue weighted by molar-refractivity contribution is 5.71. The summed E-state index contributed by atoms with van der Waals surface area (Å²) in [6, 6.07) is 17.3. The Bertz CT molecular complexity index is 779. The topological polar surface area (TPSA) is 63.2 Å². The van der Waals surface area contributed by atoms with E-state index in [-0.39, 0.29) is 19.8 Å². The lowest BCUT2D eigenvalue weighted by atomic mass is 10.1. The van der Waals surface area contributed by atoms with Crippen LogP contribution in [0.15, 0.2) is 72.5 Å². The number of carbonyl (C=O) groups is 1. The predicted octanol–water partition coefficient (Wildman–Crippen LogP) is 4.23. The van der Waals surface area contributed by atoms with Crippen LogP contribution in [0.2, 0.25) is 0 Å². The highest BCUT2D eigenvalue weighted by atomic mass is 19.3. The number of carbonyl (C=O) groups excluding carboxylic acids is 1. The molecule has 0 amide bonds. The van der Waals surface area contributed by atoms with E-state index in [1.54, 1.807) is 30.3 Å². The van der Waals surface area contributed by atoms with Gasteiger partial charge in [-0.15, -0.1) is 0 Å². The number of hydrogen-bond acceptors (Lipinski definition) is 6. The fourth-order valence-corrected chi connectivity index (χ4v) is 2.43. The number of ether oxygens (including phenoxy) is 5. The van der Waals surface area contributed by atoms with Crippen molar-refractivity contribution >= 4 is 5.97 Å². The van der Waals surface area contributed by atoms with Gasteiger partial charge in [0.25, 0.3) is 0 Å². The Labute approximate surface area is 174 Å². The van der Waals surface area contributed by atoms with E-state index in [1.807, 2.05) is 30.3 Å². The van der Waals surface area contributed by atoms with Crippen LogP contribution in [-0.4, -0.2) is 39.7 Å². The minimum atomic E-state index is -2.11. The maximum absolute atomic E-state index is 13.6. The lowest BCUT2D eigenvalue weighted by Gasteiger charge is -2.21. The van der Waals surface area contributed by atoms with Gasteiger partial charge in [0.1, 0.15) is 6.61 Å². The molecule has 1 unspecified atom stereocenters. The minimum absolute atomic E-state index is 0.167. The Kier molecular flexibility index (Phi) is 10.5. The van der Waals surface area contributed by atoms with E-state index in [4.69, 9.17) is 23.7 Å². The Morgan fingerprint density at radius 3 is 2.23 bits per heavy atom. The smallest absolute Gasteiger partial charge is 0.333 e. The van der Waals surface area contributed by atoms with E-state index in [9.17, 15) is 13.6 Å². The molecular weight excluding hydrogens is 398 g/mol. The first kappa shape index (κ1) is 23.5. The Morgan fingerprint density at radius 2 is 1.60 bits per heavy atom. The molecule has 8 heteroatoms. The van der Waals surface area contributed by atoms with Crippen LogP contribution in [0.25, 0.3) is 0 Å². The molecule has 0 aromatic heterocycles. The fourth-order valence-electron chi connectivity index (χ4n) is 2.43. The van der Waals surface area contributed by atoms with Crippen molar-refractivity contribution in [3.8, 4) is 0 Å². The van der Waals surface area contributed by atoms with Gasteiger partial charge in [0.2, 0.25) is 5.76 Å². The average Bonchev–Trinajstić information content (AvgIpc) is 2.76. The number of benzene rings is 2. The first-order valence-electron chi connectivity index (χ1n) is 9.22.